The van der Waals surface area contributed by atoms with Crippen molar-refractivity contribution in [2.75, 3.05) is 6.61 Å². The fourth-order valence-electron chi connectivity index (χ4n) is 3.13. The van der Waals surface area contributed by atoms with Crippen LogP contribution in [0.3, 0.4) is 0 Å². The van der Waals surface area contributed by atoms with E-state index in [-0.39, 0.29) is 11.3 Å². The third-order valence-corrected chi connectivity index (χ3v) is 4.95. The molecule has 3 aromatic rings. The van der Waals surface area contributed by atoms with Gasteiger partial charge in [0.05, 0.1) is 22.8 Å². The molecule has 3 aromatic carbocycles. The summed E-state index contributed by atoms with van der Waals surface area (Å²) in [6.07, 6.45) is 1.66. The normalized spacial score (nSPS) is 14.1. The number of esters is 1. The first-order chi connectivity index (χ1) is 15.6. The summed E-state index contributed by atoms with van der Waals surface area (Å²) >= 11 is 6.09. The Hall–Kier alpha value is -3.90. The molecule has 0 aromatic heterocycles. The highest BCUT2D eigenvalue weighted by molar-refractivity contribution is 6.33. The van der Waals surface area contributed by atoms with Gasteiger partial charge in [0.1, 0.15) is 5.71 Å². The van der Waals surface area contributed by atoms with Gasteiger partial charge in [-0.1, -0.05) is 65.3 Å². The lowest BCUT2D eigenvalue weighted by Gasteiger charge is -2.12. The fourth-order valence-corrected chi connectivity index (χ4v) is 3.34. The van der Waals surface area contributed by atoms with Crippen LogP contribution >= 0.6 is 11.6 Å². The summed E-state index contributed by atoms with van der Waals surface area (Å²) in [7, 11) is 0. The van der Waals surface area contributed by atoms with Crippen LogP contribution in [0, 0.1) is 0 Å². The number of oxime groups is 1. The van der Waals surface area contributed by atoms with Gasteiger partial charge in [0.15, 0.2) is 11.5 Å². The van der Waals surface area contributed by atoms with Gasteiger partial charge in [-0.05, 0) is 42.8 Å². The molecule has 0 radical (unpaired) electrons. The molecule has 0 saturated carbocycles. The zero-order valence-electron chi connectivity index (χ0n) is 17.1. The third-order valence-electron chi connectivity index (χ3n) is 4.62. The Morgan fingerprint density at radius 1 is 1.03 bits per heavy atom. The van der Waals surface area contributed by atoms with Crippen LogP contribution < -0.4 is 9.47 Å². The molecule has 0 atom stereocenters. The van der Waals surface area contributed by atoms with Crippen molar-refractivity contribution in [1.82, 2.24) is 0 Å². The van der Waals surface area contributed by atoms with Crippen molar-refractivity contribution < 1.29 is 23.9 Å². The molecule has 6 nitrogen and oxygen atoms in total. The largest absolute Gasteiger partial charge is 0.490 e. The lowest BCUT2D eigenvalue weighted by atomic mass is 10.0. The number of ether oxygens (including phenoxy) is 2. The molecule has 0 fully saturated rings. The number of carbonyl (C=O) groups is 2. The smallest absolute Gasteiger partial charge is 0.368 e. The second kappa shape index (κ2) is 9.49. The van der Waals surface area contributed by atoms with E-state index in [1.54, 1.807) is 48.5 Å². The highest BCUT2D eigenvalue weighted by atomic mass is 35.5. The molecular formula is C25H18ClNO5. The van der Waals surface area contributed by atoms with Gasteiger partial charge in [-0.3, -0.25) is 0 Å². The van der Waals surface area contributed by atoms with E-state index < -0.39 is 11.9 Å². The summed E-state index contributed by atoms with van der Waals surface area (Å²) in [6, 6.07) is 20.9. The molecule has 0 aliphatic carbocycles. The van der Waals surface area contributed by atoms with Crippen molar-refractivity contribution in [3.8, 4) is 11.5 Å². The van der Waals surface area contributed by atoms with Gasteiger partial charge >= 0.3 is 11.9 Å². The highest BCUT2D eigenvalue weighted by Crippen LogP contribution is 2.31. The third kappa shape index (κ3) is 4.55. The molecule has 1 aliphatic rings. The molecule has 0 saturated heterocycles. The Balaban J connectivity index is 1.64. The number of nitrogens with zero attached hydrogens (tertiary/aromatic N) is 1. The number of hydrogen-bond acceptors (Lipinski definition) is 6. The maximum Gasteiger partial charge on any atom is 0.368 e. The minimum atomic E-state index is -0.597. The van der Waals surface area contributed by atoms with Crippen LogP contribution in [0.2, 0.25) is 5.02 Å². The van der Waals surface area contributed by atoms with E-state index in [0.29, 0.717) is 34.2 Å². The molecule has 1 heterocycles. The summed E-state index contributed by atoms with van der Waals surface area (Å²) in [5.74, 6) is -0.548. The number of hydrogen-bond donors (Lipinski definition) is 0. The molecular weight excluding hydrogens is 430 g/mol. The zero-order chi connectivity index (χ0) is 22.5. The predicted molar refractivity (Wildman–Crippen MR) is 121 cm³/mol. The van der Waals surface area contributed by atoms with Crippen LogP contribution in [0.25, 0.3) is 6.08 Å². The SMILES string of the molecule is CCOc1cc(/C=C2\C(=O)ON=C2c2ccccc2)ccc1OC(=O)c1ccccc1Cl. The highest BCUT2D eigenvalue weighted by Gasteiger charge is 2.27. The number of rotatable bonds is 6. The minimum absolute atomic E-state index is 0.241. The number of carbonyl (C=O) groups excluding carboxylic acids is 2. The van der Waals surface area contributed by atoms with E-state index in [0.717, 1.165) is 5.56 Å². The van der Waals surface area contributed by atoms with Crippen molar-refractivity contribution in [2.45, 2.75) is 6.92 Å². The van der Waals surface area contributed by atoms with Gasteiger partial charge in [-0.2, -0.15) is 0 Å². The molecule has 4 rings (SSSR count). The van der Waals surface area contributed by atoms with Crippen LogP contribution in [0.5, 0.6) is 11.5 Å². The topological polar surface area (TPSA) is 74.2 Å². The van der Waals surface area contributed by atoms with Crippen molar-refractivity contribution in [2.24, 2.45) is 5.16 Å². The van der Waals surface area contributed by atoms with E-state index in [1.807, 2.05) is 37.3 Å². The Kier molecular flexibility index (Phi) is 6.33. The van der Waals surface area contributed by atoms with Gasteiger partial charge in [0, 0.05) is 5.56 Å². The van der Waals surface area contributed by atoms with E-state index >= 15 is 0 Å². The van der Waals surface area contributed by atoms with Crippen LogP contribution in [-0.4, -0.2) is 24.3 Å². The Morgan fingerprint density at radius 2 is 1.78 bits per heavy atom. The molecule has 1 aliphatic heterocycles. The summed E-state index contributed by atoms with van der Waals surface area (Å²) in [4.78, 5) is 29.7. The standard InChI is InChI=1S/C25H18ClNO5/c1-2-30-22-15-16(12-13-21(22)31-24(28)18-10-6-7-11-20(18)26)14-19-23(27-32-25(19)29)17-8-4-3-5-9-17/h3-15H,2H2,1H3/b19-14-. The first-order valence-electron chi connectivity index (χ1n) is 9.87. The maximum absolute atomic E-state index is 12.5. The lowest BCUT2D eigenvalue weighted by Crippen LogP contribution is -2.10. The van der Waals surface area contributed by atoms with E-state index in [1.165, 1.54) is 0 Å². The van der Waals surface area contributed by atoms with E-state index in [2.05, 4.69) is 5.16 Å². The van der Waals surface area contributed by atoms with Gasteiger partial charge in [-0.25, -0.2) is 9.59 Å². The van der Waals surface area contributed by atoms with Crippen LogP contribution in [0.4, 0.5) is 0 Å². The number of halogens is 1. The van der Waals surface area contributed by atoms with Crippen molar-refractivity contribution in [3.05, 3.63) is 100 Å². The quantitative estimate of drug-likeness (QED) is 0.222. The van der Waals surface area contributed by atoms with Crippen LogP contribution in [0.15, 0.2) is 83.5 Å². The average Bonchev–Trinajstić information content (AvgIpc) is 3.16. The molecule has 0 N–H and O–H groups in total. The maximum atomic E-state index is 12.5. The van der Waals surface area contributed by atoms with Crippen molar-refractivity contribution in [3.63, 3.8) is 0 Å². The van der Waals surface area contributed by atoms with Crippen molar-refractivity contribution >= 4 is 35.3 Å². The summed E-state index contributed by atoms with van der Waals surface area (Å²) in [6.45, 7) is 2.18. The molecule has 7 heteroatoms. The predicted octanol–water partition coefficient (Wildman–Crippen LogP) is 5.30. The van der Waals surface area contributed by atoms with Gasteiger partial charge < -0.3 is 14.3 Å². The second-order valence-electron chi connectivity index (χ2n) is 6.75. The Bertz CT molecular complexity index is 1230. The van der Waals surface area contributed by atoms with E-state index in [4.69, 9.17) is 25.9 Å². The van der Waals surface area contributed by atoms with Crippen LogP contribution in [0.1, 0.15) is 28.4 Å². The van der Waals surface area contributed by atoms with Gasteiger partial charge in [0.2, 0.25) is 0 Å². The summed E-state index contributed by atoms with van der Waals surface area (Å²) in [5, 5.41) is 4.20. The first-order valence-corrected chi connectivity index (χ1v) is 10.2. The molecule has 160 valence electrons. The van der Waals surface area contributed by atoms with Gasteiger partial charge in [0.25, 0.3) is 0 Å². The Morgan fingerprint density at radius 3 is 2.53 bits per heavy atom. The summed E-state index contributed by atoms with van der Waals surface area (Å²) < 4.78 is 11.2. The molecule has 32 heavy (non-hydrogen) atoms. The van der Waals surface area contributed by atoms with E-state index in [9.17, 15) is 9.59 Å². The molecule has 0 bridgehead atoms. The molecule has 0 spiro atoms. The summed E-state index contributed by atoms with van der Waals surface area (Å²) in [5.41, 5.74) is 2.44. The zero-order valence-corrected chi connectivity index (χ0v) is 17.8. The molecule has 0 amide bonds. The monoisotopic (exact) mass is 447 g/mol. The molecule has 0 unspecified atom stereocenters. The van der Waals surface area contributed by atoms with Gasteiger partial charge in [-0.15, -0.1) is 0 Å². The average molecular weight is 448 g/mol. The fraction of sp³-hybridized carbons (Fsp3) is 0.0800. The van der Waals surface area contributed by atoms with Crippen LogP contribution in [-0.2, 0) is 9.63 Å². The first kappa shape index (κ1) is 21.3. The number of benzene rings is 3. The lowest BCUT2D eigenvalue weighted by molar-refractivity contribution is -0.136. The Labute approximate surface area is 189 Å². The van der Waals surface area contributed by atoms with Crippen molar-refractivity contribution in [1.29, 1.82) is 0 Å². The second-order valence-corrected chi connectivity index (χ2v) is 7.16. The minimum Gasteiger partial charge on any atom is -0.490 e.